The van der Waals surface area contributed by atoms with Crippen LogP contribution in [0.15, 0.2) is 36.4 Å². The summed E-state index contributed by atoms with van der Waals surface area (Å²) in [6.07, 6.45) is -4.56. The maximum absolute atomic E-state index is 12.7. The van der Waals surface area contributed by atoms with E-state index in [0.717, 1.165) is 18.2 Å². The number of hydrogen-bond acceptors (Lipinski definition) is 6. The van der Waals surface area contributed by atoms with Crippen molar-refractivity contribution in [1.29, 1.82) is 0 Å². The Hall–Kier alpha value is -3.05. The molecule has 0 radical (unpaired) electrons. The molecule has 0 aliphatic rings. The van der Waals surface area contributed by atoms with Gasteiger partial charge in [0.1, 0.15) is 23.8 Å². The minimum atomic E-state index is -4.56. The molecule has 2 aromatic carbocycles. The summed E-state index contributed by atoms with van der Waals surface area (Å²) < 4.78 is 48.6. The predicted molar refractivity (Wildman–Crippen MR) is 101 cm³/mol. The van der Waals surface area contributed by atoms with E-state index >= 15 is 0 Å². The molecule has 1 unspecified atom stereocenters. The number of nitrogens with one attached hydrogen (secondary N) is 1. The van der Waals surface area contributed by atoms with Gasteiger partial charge in [-0.05, 0) is 31.2 Å². The van der Waals surface area contributed by atoms with E-state index in [1.807, 2.05) is 0 Å². The Morgan fingerprint density at radius 2 is 2.00 bits per heavy atom. The molecule has 0 amide bonds. The van der Waals surface area contributed by atoms with Crippen LogP contribution < -0.4 is 10.1 Å². The molecule has 0 aromatic heterocycles. The Morgan fingerprint density at radius 1 is 1.30 bits per heavy atom. The van der Waals surface area contributed by atoms with Gasteiger partial charge in [0.15, 0.2) is 0 Å². The summed E-state index contributed by atoms with van der Waals surface area (Å²) >= 11 is 5.86. The van der Waals surface area contributed by atoms with E-state index in [0.29, 0.717) is 6.07 Å². The van der Waals surface area contributed by atoms with E-state index in [4.69, 9.17) is 26.2 Å². The zero-order chi connectivity index (χ0) is 22.5. The Bertz CT molecular complexity index is 939. The Kier molecular flexibility index (Phi) is 7.46. The number of halogens is 4. The van der Waals surface area contributed by atoms with E-state index in [1.165, 1.54) is 12.1 Å². The SMILES string of the molecule is CC(COCC(=O)O)Nc1cc(Oc2ccc(C(F)(F)F)cc2Cl)ccc1[N+](=O)[O-]. The summed E-state index contributed by atoms with van der Waals surface area (Å²) in [4.78, 5) is 21.1. The minimum absolute atomic E-state index is 0.0424. The largest absolute Gasteiger partial charge is 0.480 e. The number of nitro benzene ring substituents is 1. The van der Waals surface area contributed by atoms with Gasteiger partial charge in [0, 0.05) is 18.2 Å². The third kappa shape index (κ3) is 6.49. The third-order valence-corrected chi connectivity index (χ3v) is 3.94. The van der Waals surface area contributed by atoms with Gasteiger partial charge in [-0.2, -0.15) is 13.2 Å². The first-order valence-corrected chi connectivity index (χ1v) is 8.74. The molecule has 0 saturated heterocycles. The maximum Gasteiger partial charge on any atom is 0.416 e. The van der Waals surface area contributed by atoms with E-state index in [-0.39, 0.29) is 34.5 Å². The van der Waals surface area contributed by atoms with Gasteiger partial charge in [0.05, 0.1) is 22.1 Å². The van der Waals surface area contributed by atoms with Gasteiger partial charge in [-0.3, -0.25) is 10.1 Å². The van der Waals surface area contributed by atoms with E-state index in [1.54, 1.807) is 6.92 Å². The monoisotopic (exact) mass is 448 g/mol. The van der Waals surface area contributed by atoms with Crippen molar-refractivity contribution in [2.24, 2.45) is 0 Å². The number of carbonyl (C=O) groups is 1. The van der Waals surface area contributed by atoms with Crippen LogP contribution in [0.3, 0.4) is 0 Å². The van der Waals surface area contributed by atoms with Crippen molar-refractivity contribution in [2.45, 2.75) is 19.1 Å². The van der Waals surface area contributed by atoms with Gasteiger partial charge >= 0.3 is 12.1 Å². The highest BCUT2D eigenvalue weighted by atomic mass is 35.5. The molecular weight excluding hydrogens is 433 g/mol. The van der Waals surface area contributed by atoms with Crippen LogP contribution in [-0.4, -0.2) is 35.3 Å². The lowest BCUT2D eigenvalue weighted by Gasteiger charge is -2.16. The number of ether oxygens (including phenoxy) is 2. The fraction of sp³-hybridized carbons (Fsp3) is 0.278. The van der Waals surface area contributed by atoms with Gasteiger partial charge in [-0.25, -0.2) is 4.79 Å². The average molecular weight is 449 g/mol. The average Bonchev–Trinajstić information content (AvgIpc) is 2.62. The van der Waals surface area contributed by atoms with Gasteiger partial charge in [-0.15, -0.1) is 0 Å². The smallest absolute Gasteiger partial charge is 0.416 e. The number of alkyl halides is 3. The fourth-order valence-corrected chi connectivity index (χ4v) is 2.59. The molecule has 0 saturated carbocycles. The highest BCUT2D eigenvalue weighted by Gasteiger charge is 2.31. The number of carboxylic acid groups (broad SMARTS) is 1. The summed E-state index contributed by atoms with van der Waals surface area (Å²) in [5.41, 5.74) is -1.18. The first-order chi connectivity index (χ1) is 14.0. The van der Waals surface area contributed by atoms with Crippen LogP contribution in [0.25, 0.3) is 0 Å². The lowest BCUT2D eigenvalue weighted by atomic mass is 10.2. The predicted octanol–water partition coefficient (Wildman–Crippen LogP) is 4.96. The van der Waals surface area contributed by atoms with Gasteiger partial charge < -0.3 is 19.9 Å². The molecule has 2 rings (SSSR count). The standard InChI is InChI=1S/C18H16ClF3N2O6/c1-10(8-29-9-17(25)26)23-14-7-12(3-4-15(14)24(27)28)30-16-5-2-11(6-13(16)19)18(20,21)22/h2-7,10,23H,8-9H2,1H3,(H,25,26). The first kappa shape index (κ1) is 23.2. The number of rotatable bonds is 9. The molecule has 8 nitrogen and oxygen atoms in total. The summed E-state index contributed by atoms with van der Waals surface area (Å²) in [7, 11) is 0. The molecule has 0 fully saturated rings. The molecule has 0 spiro atoms. The second-order valence-electron chi connectivity index (χ2n) is 6.14. The van der Waals surface area contributed by atoms with E-state index < -0.39 is 35.3 Å². The van der Waals surface area contributed by atoms with Crippen LogP contribution >= 0.6 is 11.6 Å². The molecule has 0 heterocycles. The molecule has 0 bridgehead atoms. The number of nitrogens with zero attached hydrogens (tertiary/aromatic N) is 1. The van der Waals surface area contributed by atoms with Crippen molar-refractivity contribution in [3.05, 3.63) is 57.1 Å². The summed E-state index contributed by atoms with van der Waals surface area (Å²) in [6.45, 7) is 1.05. The zero-order valence-electron chi connectivity index (χ0n) is 15.4. The van der Waals surface area contributed by atoms with Crippen LogP contribution in [0.4, 0.5) is 24.5 Å². The number of aliphatic carboxylic acids is 1. The summed E-state index contributed by atoms with van der Waals surface area (Å²) in [5.74, 6) is -1.14. The van der Waals surface area contributed by atoms with Crippen LogP contribution in [0.2, 0.25) is 5.02 Å². The second kappa shape index (κ2) is 9.63. The highest BCUT2D eigenvalue weighted by Crippen LogP contribution is 2.38. The number of anilines is 1. The van der Waals surface area contributed by atoms with Crippen molar-refractivity contribution in [3.8, 4) is 11.5 Å². The molecule has 2 N–H and O–H groups in total. The zero-order valence-corrected chi connectivity index (χ0v) is 16.2. The Labute approximate surface area is 173 Å². The van der Waals surface area contributed by atoms with Gasteiger partial charge in [0.2, 0.25) is 0 Å². The summed E-state index contributed by atoms with van der Waals surface area (Å²) in [5, 5.41) is 22.3. The second-order valence-corrected chi connectivity index (χ2v) is 6.54. The first-order valence-electron chi connectivity index (χ1n) is 8.36. The van der Waals surface area contributed by atoms with Crippen molar-refractivity contribution in [3.63, 3.8) is 0 Å². The van der Waals surface area contributed by atoms with Crippen LogP contribution in [0, 0.1) is 10.1 Å². The van der Waals surface area contributed by atoms with Crippen LogP contribution in [0.1, 0.15) is 12.5 Å². The topological polar surface area (TPSA) is 111 Å². The van der Waals surface area contributed by atoms with E-state index in [9.17, 15) is 28.1 Å². The fourth-order valence-electron chi connectivity index (χ4n) is 2.37. The number of hydrogen-bond donors (Lipinski definition) is 2. The lowest BCUT2D eigenvalue weighted by molar-refractivity contribution is -0.384. The quantitative estimate of drug-likeness (QED) is 0.412. The molecule has 0 aliphatic carbocycles. The molecule has 0 aliphatic heterocycles. The van der Waals surface area contributed by atoms with Crippen LogP contribution in [-0.2, 0) is 15.7 Å². The number of nitro groups is 1. The normalized spacial score (nSPS) is 12.3. The van der Waals surface area contributed by atoms with Crippen molar-refractivity contribution in [2.75, 3.05) is 18.5 Å². The van der Waals surface area contributed by atoms with Crippen LogP contribution in [0.5, 0.6) is 11.5 Å². The highest BCUT2D eigenvalue weighted by molar-refractivity contribution is 6.32. The number of carboxylic acids is 1. The van der Waals surface area contributed by atoms with Gasteiger partial charge in [0.25, 0.3) is 5.69 Å². The van der Waals surface area contributed by atoms with Crippen molar-refractivity contribution < 1.29 is 37.5 Å². The Balaban J connectivity index is 2.21. The Morgan fingerprint density at radius 3 is 2.57 bits per heavy atom. The van der Waals surface area contributed by atoms with Crippen molar-refractivity contribution >= 4 is 28.9 Å². The third-order valence-electron chi connectivity index (χ3n) is 3.65. The molecule has 1 atom stereocenters. The van der Waals surface area contributed by atoms with Crippen molar-refractivity contribution in [1.82, 2.24) is 0 Å². The van der Waals surface area contributed by atoms with Gasteiger partial charge in [-0.1, -0.05) is 11.6 Å². The molecule has 30 heavy (non-hydrogen) atoms. The lowest BCUT2D eigenvalue weighted by Crippen LogP contribution is -2.24. The molecule has 162 valence electrons. The summed E-state index contributed by atoms with van der Waals surface area (Å²) in [6, 6.07) is 5.76. The van der Waals surface area contributed by atoms with E-state index in [2.05, 4.69) is 5.32 Å². The molecule has 2 aromatic rings. The maximum atomic E-state index is 12.7. The number of benzene rings is 2. The minimum Gasteiger partial charge on any atom is -0.480 e. The molecule has 12 heteroatoms. The molecular formula is C18H16ClF3N2O6.